The first-order chi connectivity index (χ1) is 11.6. The SMILES string of the molecule is O=S(=O)(c1ccc(N/N=C/c2ccc(Br)s2)nc1)N1CCCCC1. The summed E-state index contributed by atoms with van der Waals surface area (Å²) in [6.45, 7) is 1.17. The summed E-state index contributed by atoms with van der Waals surface area (Å²) < 4.78 is 27.6. The maximum absolute atomic E-state index is 12.5. The highest BCUT2D eigenvalue weighted by atomic mass is 79.9. The second-order valence-corrected chi connectivity index (χ2v) is 9.79. The molecule has 3 rings (SSSR count). The minimum atomic E-state index is -3.44. The molecule has 0 saturated carbocycles. The number of nitrogens with zero attached hydrogens (tertiary/aromatic N) is 3. The van der Waals surface area contributed by atoms with Gasteiger partial charge in [0.05, 0.1) is 10.0 Å². The number of halogens is 1. The zero-order chi connectivity index (χ0) is 17.0. The maximum atomic E-state index is 12.5. The molecule has 128 valence electrons. The number of aromatic nitrogens is 1. The van der Waals surface area contributed by atoms with Crippen molar-refractivity contribution in [2.75, 3.05) is 18.5 Å². The molecule has 0 amide bonds. The summed E-state index contributed by atoms with van der Waals surface area (Å²) in [6.07, 6.45) is 5.99. The number of hydrogen-bond donors (Lipinski definition) is 1. The average Bonchev–Trinajstić information content (AvgIpc) is 3.01. The van der Waals surface area contributed by atoms with E-state index in [-0.39, 0.29) is 4.90 Å². The molecule has 0 spiro atoms. The quantitative estimate of drug-likeness (QED) is 0.583. The Bertz CT molecular complexity index is 812. The van der Waals surface area contributed by atoms with E-state index in [1.54, 1.807) is 29.7 Å². The van der Waals surface area contributed by atoms with Crippen molar-refractivity contribution in [2.45, 2.75) is 24.2 Å². The van der Waals surface area contributed by atoms with E-state index < -0.39 is 10.0 Å². The van der Waals surface area contributed by atoms with E-state index in [2.05, 4.69) is 31.4 Å². The molecular weight excluding hydrogens is 412 g/mol. The Hall–Kier alpha value is -1.29. The third-order valence-corrected chi connectivity index (χ3v) is 7.09. The van der Waals surface area contributed by atoms with Gasteiger partial charge in [-0.25, -0.2) is 13.4 Å². The number of hydrazone groups is 1. The fourth-order valence-corrected chi connectivity index (χ4v) is 5.17. The van der Waals surface area contributed by atoms with Crippen LogP contribution in [0.2, 0.25) is 0 Å². The van der Waals surface area contributed by atoms with Crippen LogP contribution in [0.3, 0.4) is 0 Å². The van der Waals surface area contributed by atoms with Crippen LogP contribution < -0.4 is 5.43 Å². The van der Waals surface area contributed by atoms with Crippen LogP contribution in [0.1, 0.15) is 24.1 Å². The molecule has 2 aromatic rings. The Kier molecular flexibility index (Phi) is 5.65. The Morgan fingerprint density at radius 3 is 2.62 bits per heavy atom. The first kappa shape index (κ1) is 17.5. The molecule has 1 fully saturated rings. The van der Waals surface area contributed by atoms with Crippen LogP contribution in [0.5, 0.6) is 0 Å². The zero-order valence-corrected chi connectivity index (χ0v) is 16.1. The van der Waals surface area contributed by atoms with Crippen molar-refractivity contribution in [3.8, 4) is 0 Å². The fourth-order valence-electron chi connectivity index (χ4n) is 2.41. The summed E-state index contributed by atoms with van der Waals surface area (Å²) in [5, 5.41) is 4.10. The number of thiophene rings is 1. The Morgan fingerprint density at radius 2 is 2.00 bits per heavy atom. The highest BCUT2D eigenvalue weighted by Crippen LogP contribution is 2.21. The lowest BCUT2D eigenvalue weighted by Gasteiger charge is -2.25. The molecule has 1 N–H and O–H groups in total. The smallest absolute Gasteiger partial charge is 0.244 e. The van der Waals surface area contributed by atoms with Gasteiger partial charge in [-0.05, 0) is 53.0 Å². The third kappa shape index (κ3) is 4.21. The van der Waals surface area contributed by atoms with Crippen LogP contribution in [0.25, 0.3) is 0 Å². The van der Waals surface area contributed by atoms with E-state index in [1.165, 1.54) is 10.5 Å². The van der Waals surface area contributed by atoms with E-state index in [0.717, 1.165) is 27.9 Å². The number of hydrogen-bond acceptors (Lipinski definition) is 6. The van der Waals surface area contributed by atoms with Crippen molar-refractivity contribution in [3.05, 3.63) is 39.1 Å². The van der Waals surface area contributed by atoms with Gasteiger partial charge in [0.15, 0.2) is 0 Å². The fraction of sp³-hybridized carbons (Fsp3) is 0.333. The largest absolute Gasteiger partial charge is 0.261 e. The molecule has 0 unspecified atom stereocenters. The molecule has 9 heteroatoms. The van der Waals surface area contributed by atoms with Gasteiger partial charge in [-0.2, -0.15) is 9.41 Å². The standard InChI is InChI=1S/C15H17BrN4O2S2/c16-14-6-4-12(23-14)10-18-19-15-7-5-13(11-17-15)24(21,22)20-8-2-1-3-9-20/h4-7,10-11H,1-3,8-9H2,(H,17,19)/b18-10+. The lowest BCUT2D eigenvalue weighted by molar-refractivity contribution is 0.346. The molecule has 24 heavy (non-hydrogen) atoms. The van der Waals surface area contributed by atoms with Gasteiger partial charge >= 0.3 is 0 Å². The predicted molar refractivity (Wildman–Crippen MR) is 100 cm³/mol. The van der Waals surface area contributed by atoms with Crippen LogP contribution in [0.15, 0.2) is 44.2 Å². The van der Waals surface area contributed by atoms with Gasteiger partial charge in [0, 0.05) is 24.2 Å². The van der Waals surface area contributed by atoms with E-state index >= 15 is 0 Å². The van der Waals surface area contributed by atoms with E-state index in [4.69, 9.17) is 0 Å². The normalized spacial score (nSPS) is 16.5. The topological polar surface area (TPSA) is 74.7 Å². The van der Waals surface area contributed by atoms with Crippen LogP contribution >= 0.6 is 27.3 Å². The predicted octanol–water partition coefficient (Wildman–Crippen LogP) is 3.53. The Labute approximate surface area is 153 Å². The number of pyridine rings is 1. The molecule has 1 saturated heterocycles. The van der Waals surface area contributed by atoms with Gasteiger partial charge in [-0.1, -0.05) is 6.42 Å². The van der Waals surface area contributed by atoms with Crippen molar-refractivity contribution >= 4 is 49.3 Å². The van der Waals surface area contributed by atoms with Crippen molar-refractivity contribution in [1.82, 2.24) is 9.29 Å². The first-order valence-corrected chi connectivity index (χ1v) is 10.6. The van der Waals surface area contributed by atoms with Crippen molar-refractivity contribution in [2.24, 2.45) is 5.10 Å². The van der Waals surface area contributed by atoms with Gasteiger partial charge < -0.3 is 0 Å². The molecule has 6 nitrogen and oxygen atoms in total. The molecule has 0 atom stereocenters. The third-order valence-electron chi connectivity index (χ3n) is 3.65. The van der Waals surface area contributed by atoms with Crippen molar-refractivity contribution in [1.29, 1.82) is 0 Å². The molecule has 0 bridgehead atoms. The number of anilines is 1. The molecule has 0 aromatic carbocycles. The molecule has 0 aliphatic carbocycles. The average molecular weight is 429 g/mol. The maximum Gasteiger partial charge on any atom is 0.244 e. The first-order valence-electron chi connectivity index (χ1n) is 7.56. The molecule has 1 aliphatic heterocycles. The number of sulfonamides is 1. The molecule has 2 aromatic heterocycles. The van der Waals surface area contributed by atoms with Gasteiger partial charge in [0.1, 0.15) is 10.7 Å². The number of piperidine rings is 1. The molecule has 1 aliphatic rings. The lowest BCUT2D eigenvalue weighted by Crippen LogP contribution is -2.35. The highest BCUT2D eigenvalue weighted by Gasteiger charge is 2.25. The lowest BCUT2D eigenvalue weighted by atomic mass is 10.2. The number of rotatable bonds is 5. The zero-order valence-electron chi connectivity index (χ0n) is 12.9. The minimum absolute atomic E-state index is 0.223. The van der Waals surface area contributed by atoms with Gasteiger partial charge in [0.2, 0.25) is 10.0 Å². The van der Waals surface area contributed by atoms with Gasteiger partial charge in [-0.3, -0.25) is 5.43 Å². The van der Waals surface area contributed by atoms with E-state index in [0.29, 0.717) is 18.9 Å². The van der Waals surface area contributed by atoms with Gasteiger partial charge in [0.25, 0.3) is 0 Å². The Morgan fingerprint density at radius 1 is 1.21 bits per heavy atom. The van der Waals surface area contributed by atoms with Crippen LogP contribution in [0, 0.1) is 0 Å². The summed E-state index contributed by atoms with van der Waals surface area (Å²) in [6, 6.07) is 7.08. The van der Waals surface area contributed by atoms with Crippen LogP contribution in [0.4, 0.5) is 5.82 Å². The number of nitrogens with one attached hydrogen (secondary N) is 1. The summed E-state index contributed by atoms with van der Waals surface area (Å²) in [7, 11) is -3.44. The molecule has 0 radical (unpaired) electrons. The van der Waals surface area contributed by atoms with E-state index in [9.17, 15) is 8.42 Å². The monoisotopic (exact) mass is 428 g/mol. The molecular formula is C15H17BrN4O2S2. The van der Waals surface area contributed by atoms with Gasteiger partial charge in [-0.15, -0.1) is 11.3 Å². The Balaban J connectivity index is 1.65. The van der Waals surface area contributed by atoms with Crippen molar-refractivity contribution < 1.29 is 8.42 Å². The highest BCUT2D eigenvalue weighted by molar-refractivity contribution is 9.11. The summed E-state index contributed by atoms with van der Waals surface area (Å²) in [4.78, 5) is 5.36. The summed E-state index contributed by atoms with van der Waals surface area (Å²) >= 11 is 4.96. The van der Waals surface area contributed by atoms with Crippen molar-refractivity contribution in [3.63, 3.8) is 0 Å². The summed E-state index contributed by atoms with van der Waals surface area (Å²) in [5.74, 6) is 0.500. The second kappa shape index (κ2) is 7.73. The second-order valence-electron chi connectivity index (χ2n) is 5.36. The minimum Gasteiger partial charge on any atom is -0.261 e. The van der Waals surface area contributed by atoms with Crippen LogP contribution in [-0.2, 0) is 10.0 Å². The molecule has 3 heterocycles. The summed E-state index contributed by atoms with van der Waals surface area (Å²) in [5.41, 5.74) is 2.80. The van der Waals surface area contributed by atoms with Crippen LogP contribution in [-0.4, -0.2) is 37.0 Å². The van der Waals surface area contributed by atoms with E-state index in [1.807, 2.05) is 12.1 Å².